The normalized spacial score (nSPS) is 9.27. The Morgan fingerprint density at radius 1 is 1.64 bits per heavy atom. The summed E-state index contributed by atoms with van der Waals surface area (Å²) < 4.78 is 0. The quantitative estimate of drug-likeness (QED) is 0.675. The van der Waals surface area contributed by atoms with Gasteiger partial charge in [-0.05, 0) is 0 Å². The Labute approximate surface area is 68.6 Å². The van der Waals surface area contributed by atoms with Crippen LogP contribution in [0.2, 0.25) is 5.15 Å². The third kappa shape index (κ3) is 1.65. The summed E-state index contributed by atoms with van der Waals surface area (Å²) >= 11 is 5.52. The molecule has 1 N–H and O–H groups in total. The standard InChI is InChI=1S/C6H6ClN3O/c1-8-4-2-6(7)10-9-5(4)3-11/h2-3H,1H3,(H,8,10). The van der Waals surface area contributed by atoms with Gasteiger partial charge in [-0.1, -0.05) is 11.6 Å². The summed E-state index contributed by atoms with van der Waals surface area (Å²) in [6.07, 6.45) is 0.620. The molecule has 0 atom stereocenters. The largest absolute Gasteiger partial charge is 0.386 e. The fraction of sp³-hybridized carbons (Fsp3) is 0.167. The van der Waals surface area contributed by atoms with Crippen molar-refractivity contribution in [3.05, 3.63) is 16.9 Å². The van der Waals surface area contributed by atoms with E-state index in [0.29, 0.717) is 12.0 Å². The zero-order valence-electron chi connectivity index (χ0n) is 5.84. The van der Waals surface area contributed by atoms with Crippen molar-refractivity contribution in [2.45, 2.75) is 0 Å². The fourth-order valence-electron chi connectivity index (χ4n) is 0.665. The van der Waals surface area contributed by atoms with E-state index in [4.69, 9.17) is 11.6 Å². The molecule has 11 heavy (non-hydrogen) atoms. The van der Waals surface area contributed by atoms with E-state index >= 15 is 0 Å². The highest BCUT2D eigenvalue weighted by Gasteiger charge is 2.01. The number of rotatable bonds is 2. The van der Waals surface area contributed by atoms with Crippen LogP contribution in [0, 0.1) is 0 Å². The maximum absolute atomic E-state index is 10.3. The first-order chi connectivity index (χ1) is 5.27. The molecule has 0 aliphatic carbocycles. The molecule has 4 nitrogen and oxygen atoms in total. The molecule has 58 valence electrons. The molecule has 5 heteroatoms. The van der Waals surface area contributed by atoms with Crippen LogP contribution in [0.4, 0.5) is 5.69 Å². The monoisotopic (exact) mass is 171 g/mol. The van der Waals surface area contributed by atoms with E-state index in [0.717, 1.165) is 0 Å². The number of hydrogen-bond donors (Lipinski definition) is 1. The Balaban J connectivity index is 3.16. The van der Waals surface area contributed by atoms with Gasteiger partial charge >= 0.3 is 0 Å². The van der Waals surface area contributed by atoms with Gasteiger partial charge in [-0.25, -0.2) is 0 Å². The van der Waals surface area contributed by atoms with E-state index < -0.39 is 0 Å². The second-order valence-electron chi connectivity index (χ2n) is 1.83. The number of aldehydes is 1. The second kappa shape index (κ2) is 3.30. The lowest BCUT2D eigenvalue weighted by Gasteiger charge is -2.00. The summed E-state index contributed by atoms with van der Waals surface area (Å²) in [5.74, 6) is 0. The molecule has 1 heterocycles. The number of carbonyl (C=O) groups excluding carboxylic acids is 1. The zero-order valence-corrected chi connectivity index (χ0v) is 6.59. The van der Waals surface area contributed by atoms with Crippen LogP contribution in [0.15, 0.2) is 6.07 Å². The van der Waals surface area contributed by atoms with Gasteiger partial charge in [0.2, 0.25) is 0 Å². The summed E-state index contributed by atoms with van der Waals surface area (Å²) in [5, 5.41) is 10.1. The predicted molar refractivity (Wildman–Crippen MR) is 42.0 cm³/mol. The predicted octanol–water partition coefficient (Wildman–Crippen LogP) is 0.984. The Morgan fingerprint density at radius 3 is 2.91 bits per heavy atom. The van der Waals surface area contributed by atoms with Gasteiger partial charge in [0.05, 0.1) is 5.69 Å². The molecule has 0 aromatic carbocycles. The Bertz CT molecular complexity index is 277. The highest BCUT2D eigenvalue weighted by Crippen LogP contribution is 2.13. The number of anilines is 1. The minimum absolute atomic E-state index is 0.261. The van der Waals surface area contributed by atoms with Gasteiger partial charge in [-0.3, -0.25) is 4.79 Å². The van der Waals surface area contributed by atoms with Crippen LogP contribution in [0.25, 0.3) is 0 Å². The van der Waals surface area contributed by atoms with Gasteiger partial charge in [0.25, 0.3) is 0 Å². The first kappa shape index (κ1) is 7.94. The minimum atomic E-state index is 0.261. The van der Waals surface area contributed by atoms with Crippen molar-refractivity contribution < 1.29 is 4.79 Å². The van der Waals surface area contributed by atoms with Crippen molar-refractivity contribution in [2.75, 3.05) is 12.4 Å². The van der Waals surface area contributed by atoms with E-state index in [9.17, 15) is 4.79 Å². The smallest absolute Gasteiger partial charge is 0.172 e. The van der Waals surface area contributed by atoms with Crippen LogP contribution >= 0.6 is 11.6 Å². The summed E-state index contributed by atoms with van der Waals surface area (Å²) in [6, 6.07) is 1.54. The van der Waals surface area contributed by atoms with Crippen molar-refractivity contribution in [1.82, 2.24) is 10.2 Å². The molecule has 0 radical (unpaired) electrons. The third-order valence-corrected chi connectivity index (χ3v) is 1.36. The number of carbonyl (C=O) groups is 1. The van der Waals surface area contributed by atoms with Gasteiger partial charge in [0.15, 0.2) is 11.4 Å². The topological polar surface area (TPSA) is 54.9 Å². The zero-order chi connectivity index (χ0) is 8.27. The fourth-order valence-corrected chi connectivity index (χ4v) is 0.812. The summed E-state index contributed by atoms with van der Waals surface area (Å²) in [6.45, 7) is 0. The van der Waals surface area contributed by atoms with Gasteiger partial charge in [-0.15, -0.1) is 10.2 Å². The summed E-state index contributed by atoms with van der Waals surface area (Å²) in [5.41, 5.74) is 0.844. The van der Waals surface area contributed by atoms with Crippen LogP contribution in [-0.4, -0.2) is 23.5 Å². The molecule has 0 saturated heterocycles. The molecule has 0 amide bonds. The average Bonchev–Trinajstić information content (AvgIpc) is 2.04. The van der Waals surface area contributed by atoms with E-state index in [1.54, 1.807) is 7.05 Å². The van der Waals surface area contributed by atoms with Crippen LogP contribution in [0.5, 0.6) is 0 Å². The first-order valence-corrected chi connectivity index (χ1v) is 3.32. The van der Waals surface area contributed by atoms with Gasteiger partial charge in [-0.2, -0.15) is 0 Å². The third-order valence-electron chi connectivity index (χ3n) is 1.17. The average molecular weight is 172 g/mol. The van der Waals surface area contributed by atoms with E-state index in [1.165, 1.54) is 6.07 Å². The molecule has 0 unspecified atom stereocenters. The lowest BCUT2D eigenvalue weighted by atomic mass is 10.3. The van der Waals surface area contributed by atoms with Crippen LogP contribution in [0.3, 0.4) is 0 Å². The van der Waals surface area contributed by atoms with Gasteiger partial charge in [0, 0.05) is 13.1 Å². The SMILES string of the molecule is CNc1cc(Cl)nnc1C=O. The van der Waals surface area contributed by atoms with E-state index in [2.05, 4.69) is 15.5 Å². The molecule has 0 aliphatic heterocycles. The van der Waals surface area contributed by atoms with Crippen molar-refractivity contribution in [3.63, 3.8) is 0 Å². The molecule has 0 saturated carbocycles. The molecule has 1 aromatic rings. The summed E-state index contributed by atoms with van der Waals surface area (Å²) in [4.78, 5) is 10.3. The van der Waals surface area contributed by atoms with Crippen molar-refractivity contribution in [2.24, 2.45) is 0 Å². The molecule has 0 fully saturated rings. The van der Waals surface area contributed by atoms with Crippen molar-refractivity contribution in [3.8, 4) is 0 Å². The number of halogens is 1. The molecule has 1 aromatic heterocycles. The second-order valence-corrected chi connectivity index (χ2v) is 2.22. The van der Waals surface area contributed by atoms with Crippen LogP contribution in [0.1, 0.15) is 10.5 Å². The van der Waals surface area contributed by atoms with Crippen LogP contribution < -0.4 is 5.32 Å². The molecular weight excluding hydrogens is 166 g/mol. The number of nitrogens with one attached hydrogen (secondary N) is 1. The van der Waals surface area contributed by atoms with Crippen LogP contribution in [-0.2, 0) is 0 Å². The maximum Gasteiger partial charge on any atom is 0.172 e. The molecule has 0 aliphatic rings. The number of hydrogen-bond acceptors (Lipinski definition) is 4. The maximum atomic E-state index is 10.3. The molecular formula is C6H6ClN3O. The van der Waals surface area contributed by atoms with Gasteiger partial charge < -0.3 is 5.32 Å². The molecule has 0 bridgehead atoms. The van der Waals surface area contributed by atoms with Crippen molar-refractivity contribution >= 4 is 23.6 Å². The number of aromatic nitrogens is 2. The minimum Gasteiger partial charge on any atom is -0.386 e. The van der Waals surface area contributed by atoms with E-state index in [1.807, 2.05) is 0 Å². The molecule has 0 spiro atoms. The highest BCUT2D eigenvalue weighted by atomic mass is 35.5. The summed E-state index contributed by atoms with van der Waals surface area (Å²) in [7, 11) is 1.68. The van der Waals surface area contributed by atoms with Gasteiger partial charge in [0.1, 0.15) is 5.69 Å². The molecule has 1 rings (SSSR count). The Kier molecular flexibility index (Phi) is 2.38. The highest BCUT2D eigenvalue weighted by molar-refractivity contribution is 6.29. The van der Waals surface area contributed by atoms with E-state index in [-0.39, 0.29) is 10.8 Å². The lowest BCUT2D eigenvalue weighted by Crippen LogP contribution is -1.99. The first-order valence-electron chi connectivity index (χ1n) is 2.94. The lowest BCUT2D eigenvalue weighted by molar-refractivity contribution is 0.111. The Hall–Kier alpha value is -1.16. The Morgan fingerprint density at radius 2 is 2.36 bits per heavy atom. The number of nitrogens with zero attached hydrogens (tertiary/aromatic N) is 2. The van der Waals surface area contributed by atoms with Crippen molar-refractivity contribution in [1.29, 1.82) is 0 Å².